The highest BCUT2D eigenvalue weighted by Gasteiger charge is 2.17. The van der Waals surface area contributed by atoms with Gasteiger partial charge >= 0.3 is 5.97 Å². The smallest absolute Gasteiger partial charge is 0.337 e. The van der Waals surface area contributed by atoms with Gasteiger partial charge in [0.15, 0.2) is 0 Å². The largest absolute Gasteiger partial charge is 0.495 e. The summed E-state index contributed by atoms with van der Waals surface area (Å²) in [7, 11) is 2.69. The normalized spacial score (nSPS) is 10.2. The molecule has 7 heteroatoms. The summed E-state index contributed by atoms with van der Waals surface area (Å²) in [6.45, 7) is 0. The molecule has 0 radical (unpaired) electrons. The molecular formula is C17H16FNO4S. The summed E-state index contributed by atoms with van der Waals surface area (Å²) in [4.78, 5) is 24.6. The van der Waals surface area contributed by atoms with Gasteiger partial charge in [-0.05, 0) is 42.7 Å². The number of methoxy groups -OCH3 is 2. The summed E-state index contributed by atoms with van der Waals surface area (Å²) < 4.78 is 23.8. The van der Waals surface area contributed by atoms with Crippen molar-refractivity contribution in [3.63, 3.8) is 0 Å². The molecule has 0 heterocycles. The molecule has 0 aliphatic heterocycles. The second-order valence-corrected chi connectivity index (χ2v) is 5.59. The van der Waals surface area contributed by atoms with Gasteiger partial charge in [0.2, 0.25) is 0 Å². The first-order valence-corrected chi connectivity index (χ1v) is 8.14. The Morgan fingerprint density at radius 2 is 1.88 bits per heavy atom. The molecule has 2 aromatic rings. The van der Waals surface area contributed by atoms with Gasteiger partial charge in [-0.3, -0.25) is 4.79 Å². The van der Waals surface area contributed by atoms with E-state index in [1.54, 1.807) is 12.1 Å². The third-order valence-corrected chi connectivity index (χ3v) is 4.02. The Labute approximate surface area is 143 Å². The first kappa shape index (κ1) is 17.8. The minimum atomic E-state index is -0.810. The molecule has 2 rings (SSSR count). The maximum Gasteiger partial charge on any atom is 0.337 e. The third kappa shape index (κ3) is 3.86. The topological polar surface area (TPSA) is 64.6 Å². The van der Waals surface area contributed by atoms with Gasteiger partial charge in [0.1, 0.15) is 11.6 Å². The van der Waals surface area contributed by atoms with Crippen LogP contribution in [0.4, 0.5) is 10.1 Å². The van der Waals surface area contributed by atoms with Crippen molar-refractivity contribution in [3.8, 4) is 5.75 Å². The Bertz CT molecular complexity index is 779. The van der Waals surface area contributed by atoms with E-state index in [9.17, 15) is 14.0 Å². The number of ether oxygens (including phenoxy) is 2. The number of esters is 1. The lowest BCUT2D eigenvalue weighted by atomic mass is 10.1. The van der Waals surface area contributed by atoms with Crippen molar-refractivity contribution in [2.75, 3.05) is 25.8 Å². The number of hydrogen-bond acceptors (Lipinski definition) is 5. The van der Waals surface area contributed by atoms with E-state index in [0.717, 1.165) is 11.0 Å². The average molecular weight is 349 g/mol. The predicted molar refractivity (Wildman–Crippen MR) is 90.5 cm³/mol. The molecule has 0 saturated carbocycles. The zero-order valence-corrected chi connectivity index (χ0v) is 14.2. The lowest BCUT2D eigenvalue weighted by Gasteiger charge is -2.12. The average Bonchev–Trinajstić information content (AvgIpc) is 2.60. The standard InChI is InChI=1S/C17H16FNO4S/c1-22-15-9-11(24-3)5-7-14(15)19-16(20)12-6-4-10(8-13(12)18)17(21)23-2/h4-9H,1-3H3,(H,19,20). The van der Waals surface area contributed by atoms with Crippen molar-refractivity contribution in [1.82, 2.24) is 0 Å². The summed E-state index contributed by atoms with van der Waals surface area (Å²) in [5.74, 6) is -1.65. The Hall–Kier alpha value is -2.54. The van der Waals surface area contributed by atoms with E-state index >= 15 is 0 Å². The predicted octanol–water partition coefficient (Wildman–Crippen LogP) is 3.60. The second-order valence-electron chi connectivity index (χ2n) is 4.71. The molecule has 0 spiro atoms. The van der Waals surface area contributed by atoms with Gasteiger partial charge < -0.3 is 14.8 Å². The molecule has 0 fully saturated rings. The number of hydrogen-bond donors (Lipinski definition) is 1. The summed E-state index contributed by atoms with van der Waals surface area (Å²) in [5.41, 5.74) is 0.281. The second kappa shape index (κ2) is 7.83. The Morgan fingerprint density at radius 1 is 1.12 bits per heavy atom. The van der Waals surface area contributed by atoms with E-state index in [4.69, 9.17) is 4.74 Å². The number of amides is 1. The molecule has 0 aromatic heterocycles. The monoisotopic (exact) mass is 349 g/mol. The molecule has 24 heavy (non-hydrogen) atoms. The van der Waals surface area contributed by atoms with Crippen LogP contribution in [0.2, 0.25) is 0 Å². The lowest BCUT2D eigenvalue weighted by molar-refractivity contribution is 0.0599. The quantitative estimate of drug-likeness (QED) is 0.660. The number of thioether (sulfide) groups is 1. The molecule has 2 aromatic carbocycles. The van der Waals surface area contributed by atoms with Crippen LogP contribution >= 0.6 is 11.8 Å². The number of anilines is 1. The van der Waals surface area contributed by atoms with Gasteiger partial charge in [-0.1, -0.05) is 0 Å². The zero-order valence-electron chi connectivity index (χ0n) is 13.4. The van der Waals surface area contributed by atoms with Crippen LogP contribution in [-0.4, -0.2) is 32.4 Å². The van der Waals surface area contributed by atoms with Gasteiger partial charge in [-0.25, -0.2) is 9.18 Å². The van der Waals surface area contributed by atoms with Gasteiger partial charge in [0.25, 0.3) is 5.91 Å². The number of rotatable bonds is 5. The van der Waals surface area contributed by atoms with E-state index in [0.29, 0.717) is 11.4 Å². The molecule has 0 aliphatic carbocycles. The van der Waals surface area contributed by atoms with E-state index in [2.05, 4.69) is 10.1 Å². The first-order chi connectivity index (χ1) is 11.5. The Balaban J connectivity index is 2.26. The highest BCUT2D eigenvalue weighted by atomic mass is 32.2. The molecule has 0 aliphatic rings. The number of halogens is 1. The van der Waals surface area contributed by atoms with Crippen LogP contribution in [0.15, 0.2) is 41.3 Å². The molecule has 0 atom stereocenters. The van der Waals surface area contributed by atoms with Gasteiger partial charge in [0.05, 0.1) is 31.0 Å². The van der Waals surface area contributed by atoms with Crippen LogP contribution in [0.5, 0.6) is 5.75 Å². The van der Waals surface area contributed by atoms with Crippen molar-refractivity contribution in [1.29, 1.82) is 0 Å². The summed E-state index contributed by atoms with van der Waals surface area (Å²) in [5, 5.41) is 2.60. The maximum absolute atomic E-state index is 14.1. The van der Waals surface area contributed by atoms with Crippen molar-refractivity contribution < 1.29 is 23.5 Å². The fourth-order valence-electron chi connectivity index (χ4n) is 2.04. The van der Waals surface area contributed by atoms with Crippen LogP contribution in [-0.2, 0) is 4.74 Å². The van der Waals surface area contributed by atoms with Crippen LogP contribution in [0, 0.1) is 5.82 Å². The van der Waals surface area contributed by atoms with Crippen LogP contribution in [0.1, 0.15) is 20.7 Å². The fourth-order valence-corrected chi connectivity index (χ4v) is 2.46. The van der Waals surface area contributed by atoms with Crippen molar-refractivity contribution in [2.45, 2.75) is 4.90 Å². The molecule has 1 amide bonds. The number of benzene rings is 2. The molecule has 0 saturated heterocycles. The molecule has 0 unspecified atom stereocenters. The molecule has 1 N–H and O–H groups in total. The highest BCUT2D eigenvalue weighted by Crippen LogP contribution is 2.29. The first-order valence-electron chi connectivity index (χ1n) is 6.91. The summed E-state index contributed by atoms with van der Waals surface area (Å²) >= 11 is 1.53. The van der Waals surface area contributed by atoms with Crippen LogP contribution in [0.25, 0.3) is 0 Å². The highest BCUT2D eigenvalue weighted by molar-refractivity contribution is 7.98. The Kier molecular flexibility index (Phi) is 5.81. The van der Waals surface area contributed by atoms with Gasteiger partial charge in [-0.2, -0.15) is 0 Å². The SMILES string of the molecule is COC(=O)c1ccc(C(=O)Nc2ccc(SC)cc2OC)c(F)c1. The Morgan fingerprint density at radius 3 is 2.46 bits per heavy atom. The van der Waals surface area contributed by atoms with E-state index < -0.39 is 17.7 Å². The third-order valence-electron chi connectivity index (χ3n) is 3.29. The number of carbonyl (C=O) groups excluding carboxylic acids is 2. The van der Waals surface area contributed by atoms with Gasteiger partial charge in [-0.15, -0.1) is 11.8 Å². The molecular weight excluding hydrogens is 333 g/mol. The molecule has 5 nitrogen and oxygen atoms in total. The fraction of sp³-hybridized carbons (Fsp3) is 0.176. The summed E-state index contributed by atoms with van der Waals surface area (Å²) in [6, 6.07) is 8.81. The van der Waals surface area contributed by atoms with E-state index in [-0.39, 0.29) is 11.1 Å². The van der Waals surface area contributed by atoms with Crippen LogP contribution < -0.4 is 10.1 Å². The lowest BCUT2D eigenvalue weighted by Crippen LogP contribution is -2.15. The minimum absolute atomic E-state index is 0.0356. The van der Waals surface area contributed by atoms with Crippen LogP contribution in [0.3, 0.4) is 0 Å². The molecule has 0 bridgehead atoms. The van der Waals surface area contributed by atoms with Crippen molar-refractivity contribution >= 4 is 29.3 Å². The zero-order chi connectivity index (χ0) is 17.7. The maximum atomic E-state index is 14.1. The van der Waals surface area contributed by atoms with Crippen molar-refractivity contribution in [3.05, 3.63) is 53.3 Å². The minimum Gasteiger partial charge on any atom is -0.495 e. The molecule has 126 valence electrons. The van der Waals surface area contributed by atoms with E-state index in [1.807, 2.05) is 12.3 Å². The van der Waals surface area contributed by atoms with Gasteiger partial charge in [0, 0.05) is 4.90 Å². The summed E-state index contributed by atoms with van der Waals surface area (Å²) in [6.07, 6.45) is 1.92. The number of carbonyl (C=O) groups is 2. The number of nitrogens with one attached hydrogen (secondary N) is 1. The van der Waals surface area contributed by atoms with E-state index in [1.165, 1.54) is 38.1 Å². The van der Waals surface area contributed by atoms with Crippen molar-refractivity contribution in [2.24, 2.45) is 0 Å².